The molecule has 0 saturated heterocycles. The van der Waals surface area contributed by atoms with Gasteiger partial charge in [-0.3, -0.25) is 4.79 Å². The third-order valence-corrected chi connectivity index (χ3v) is 5.96. The lowest BCUT2D eigenvalue weighted by Crippen LogP contribution is -2.31. The molecule has 1 aromatic carbocycles. The second-order valence-corrected chi connectivity index (χ2v) is 7.21. The van der Waals surface area contributed by atoms with Crippen molar-refractivity contribution in [2.45, 2.75) is 25.7 Å². The molecule has 1 amide bonds. The van der Waals surface area contributed by atoms with Gasteiger partial charge in [-0.05, 0) is 43.1 Å². The summed E-state index contributed by atoms with van der Waals surface area (Å²) >= 11 is 1.49. The number of nitrogen functional groups attached to an aromatic ring is 1. The van der Waals surface area contributed by atoms with Crippen LogP contribution in [-0.4, -0.2) is 12.5 Å². The van der Waals surface area contributed by atoms with Gasteiger partial charge in [0.05, 0.1) is 5.69 Å². The lowest BCUT2D eigenvalue weighted by Gasteiger charge is -2.14. The summed E-state index contributed by atoms with van der Waals surface area (Å²) in [6, 6.07) is 7.93. The minimum absolute atomic E-state index is 0.00405. The number of rotatable bonds is 4. The smallest absolute Gasteiger partial charge is 0.263 e. The van der Waals surface area contributed by atoms with Crippen LogP contribution in [0.3, 0.4) is 0 Å². The van der Waals surface area contributed by atoms with E-state index in [-0.39, 0.29) is 5.91 Å². The summed E-state index contributed by atoms with van der Waals surface area (Å²) in [5, 5.41) is 4.11. The Kier molecular flexibility index (Phi) is 2.58. The van der Waals surface area contributed by atoms with Gasteiger partial charge in [0.15, 0.2) is 0 Å². The van der Waals surface area contributed by atoms with Gasteiger partial charge in [-0.1, -0.05) is 18.2 Å². The minimum Gasteiger partial charge on any atom is -0.397 e. The largest absolute Gasteiger partial charge is 0.397 e. The molecule has 1 aromatic heterocycles. The normalized spacial score (nSPS) is 20.0. The number of nitrogens with two attached hydrogens (primary N) is 1. The first-order valence-electron chi connectivity index (χ1n) is 7.25. The highest BCUT2D eigenvalue weighted by atomic mass is 32.1. The summed E-state index contributed by atoms with van der Waals surface area (Å²) in [5.41, 5.74) is 7.17. The van der Waals surface area contributed by atoms with E-state index in [2.05, 4.69) is 5.32 Å². The number of nitrogens with one attached hydrogen (secondary N) is 1. The number of amides is 1. The van der Waals surface area contributed by atoms with Gasteiger partial charge in [0.1, 0.15) is 4.88 Å². The molecule has 2 saturated carbocycles. The zero-order chi connectivity index (χ0) is 13.7. The quantitative estimate of drug-likeness (QED) is 0.905. The molecule has 3 N–H and O–H groups in total. The van der Waals surface area contributed by atoms with Gasteiger partial charge in [-0.25, -0.2) is 0 Å². The highest BCUT2D eigenvalue weighted by Crippen LogP contribution is 2.60. The molecule has 0 radical (unpaired) electrons. The molecule has 2 fully saturated rings. The Bertz CT molecular complexity index is 683. The molecule has 0 bridgehead atoms. The molecule has 0 spiro atoms. The van der Waals surface area contributed by atoms with Crippen LogP contribution >= 0.6 is 11.3 Å². The number of hydrogen-bond acceptors (Lipinski definition) is 3. The van der Waals surface area contributed by atoms with Gasteiger partial charge in [0, 0.05) is 16.6 Å². The molecule has 1 heterocycles. The second kappa shape index (κ2) is 4.22. The Morgan fingerprint density at radius 1 is 1.35 bits per heavy atom. The zero-order valence-corrected chi connectivity index (χ0v) is 12.1. The predicted molar refractivity (Wildman–Crippen MR) is 83.0 cm³/mol. The van der Waals surface area contributed by atoms with Crippen molar-refractivity contribution in [1.82, 2.24) is 5.32 Å². The summed E-state index contributed by atoms with van der Waals surface area (Å²) < 4.78 is 1.08. The topological polar surface area (TPSA) is 55.1 Å². The fourth-order valence-corrected chi connectivity index (χ4v) is 4.20. The lowest BCUT2D eigenvalue weighted by atomic mass is 10.0. The SMILES string of the molecule is Nc1c(C(=O)NCC2(C3CC3)CC2)sc2ccccc12. The number of hydrogen-bond donors (Lipinski definition) is 2. The van der Waals surface area contributed by atoms with E-state index < -0.39 is 0 Å². The summed E-state index contributed by atoms with van der Waals surface area (Å²) in [5.74, 6) is 0.859. The first kappa shape index (κ1) is 12.2. The number of carbonyl (C=O) groups excluding carboxylic acids is 1. The maximum atomic E-state index is 12.4. The van der Waals surface area contributed by atoms with Gasteiger partial charge < -0.3 is 11.1 Å². The van der Waals surface area contributed by atoms with Gasteiger partial charge in [-0.15, -0.1) is 11.3 Å². The summed E-state index contributed by atoms with van der Waals surface area (Å²) in [4.78, 5) is 13.0. The van der Waals surface area contributed by atoms with E-state index in [4.69, 9.17) is 5.73 Å². The Balaban J connectivity index is 1.53. The molecule has 4 rings (SSSR count). The molecule has 2 aromatic rings. The highest BCUT2D eigenvalue weighted by Gasteiger charge is 2.53. The standard InChI is InChI=1S/C16H18N2OS/c17-13-11-3-1-2-4-12(11)20-14(13)15(19)18-9-16(7-8-16)10-5-6-10/h1-4,10H,5-9,17H2,(H,18,19). The molecule has 3 nitrogen and oxygen atoms in total. The summed E-state index contributed by atoms with van der Waals surface area (Å²) in [7, 11) is 0. The molecule has 0 atom stereocenters. The molecule has 2 aliphatic carbocycles. The van der Waals surface area contributed by atoms with Crippen LogP contribution in [0.4, 0.5) is 5.69 Å². The Morgan fingerprint density at radius 3 is 2.75 bits per heavy atom. The molecular formula is C16H18N2OS. The lowest BCUT2D eigenvalue weighted by molar-refractivity contribution is 0.0947. The average Bonchev–Trinajstić information content (AvgIpc) is 3.35. The highest BCUT2D eigenvalue weighted by molar-refractivity contribution is 7.21. The number of benzene rings is 1. The van der Waals surface area contributed by atoms with Crippen molar-refractivity contribution in [1.29, 1.82) is 0 Å². The van der Waals surface area contributed by atoms with E-state index in [1.807, 2.05) is 24.3 Å². The van der Waals surface area contributed by atoms with E-state index in [1.165, 1.54) is 37.0 Å². The number of carbonyl (C=O) groups is 1. The molecular weight excluding hydrogens is 268 g/mol. The summed E-state index contributed by atoms with van der Waals surface area (Å²) in [6.07, 6.45) is 5.25. The maximum Gasteiger partial charge on any atom is 0.263 e. The van der Waals surface area contributed by atoms with Crippen molar-refractivity contribution in [3.8, 4) is 0 Å². The third-order valence-electron chi connectivity index (χ3n) is 4.78. The molecule has 0 aliphatic heterocycles. The Labute approximate surface area is 122 Å². The van der Waals surface area contributed by atoms with Gasteiger partial charge in [0.25, 0.3) is 5.91 Å². The monoisotopic (exact) mass is 286 g/mol. The van der Waals surface area contributed by atoms with Crippen LogP contribution in [0.2, 0.25) is 0 Å². The van der Waals surface area contributed by atoms with Gasteiger partial charge >= 0.3 is 0 Å². The molecule has 0 unspecified atom stereocenters. The molecule has 20 heavy (non-hydrogen) atoms. The van der Waals surface area contributed by atoms with E-state index >= 15 is 0 Å². The minimum atomic E-state index is -0.00405. The first-order chi connectivity index (χ1) is 9.70. The second-order valence-electron chi connectivity index (χ2n) is 6.16. The van der Waals surface area contributed by atoms with E-state index in [9.17, 15) is 4.79 Å². The van der Waals surface area contributed by atoms with Crippen LogP contribution in [0.1, 0.15) is 35.4 Å². The van der Waals surface area contributed by atoms with Crippen molar-refractivity contribution in [2.75, 3.05) is 12.3 Å². The van der Waals surface area contributed by atoms with E-state index in [0.717, 1.165) is 22.5 Å². The first-order valence-corrected chi connectivity index (χ1v) is 8.06. The van der Waals surface area contributed by atoms with E-state index in [0.29, 0.717) is 16.0 Å². The molecule has 4 heteroatoms. The van der Waals surface area contributed by atoms with Crippen LogP contribution in [0.5, 0.6) is 0 Å². The fraction of sp³-hybridized carbons (Fsp3) is 0.438. The fourth-order valence-electron chi connectivity index (χ4n) is 3.16. The van der Waals surface area contributed by atoms with Crippen molar-refractivity contribution >= 4 is 33.0 Å². The number of anilines is 1. The maximum absolute atomic E-state index is 12.4. The Morgan fingerprint density at radius 2 is 2.10 bits per heavy atom. The van der Waals surface area contributed by atoms with Crippen molar-refractivity contribution in [3.63, 3.8) is 0 Å². The van der Waals surface area contributed by atoms with Gasteiger partial charge in [0.2, 0.25) is 0 Å². The molecule has 2 aliphatic rings. The number of thiophene rings is 1. The van der Waals surface area contributed by atoms with Crippen LogP contribution < -0.4 is 11.1 Å². The average molecular weight is 286 g/mol. The summed E-state index contributed by atoms with van der Waals surface area (Å²) in [6.45, 7) is 0.824. The van der Waals surface area contributed by atoms with Crippen LogP contribution in [0.25, 0.3) is 10.1 Å². The zero-order valence-electron chi connectivity index (χ0n) is 11.3. The third kappa shape index (κ3) is 1.90. The van der Waals surface area contributed by atoms with Gasteiger partial charge in [-0.2, -0.15) is 0 Å². The Hall–Kier alpha value is -1.55. The van der Waals surface area contributed by atoms with Crippen molar-refractivity contribution in [3.05, 3.63) is 29.1 Å². The van der Waals surface area contributed by atoms with Crippen LogP contribution in [-0.2, 0) is 0 Å². The van der Waals surface area contributed by atoms with Crippen LogP contribution in [0.15, 0.2) is 24.3 Å². The van der Waals surface area contributed by atoms with Crippen molar-refractivity contribution in [2.24, 2.45) is 11.3 Å². The molecule has 104 valence electrons. The number of fused-ring (bicyclic) bond motifs is 1. The van der Waals surface area contributed by atoms with E-state index in [1.54, 1.807) is 0 Å². The predicted octanol–water partition coefficient (Wildman–Crippen LogP) is 3.40. The van der Waals surface area contributed by atoms with Crippen molar-refractivity contribution < 1.29 is 4.79 Å². The van der Waals surface area contributed by atoms with Crippen LogP contribution in [0, 0.1) is 11.3 Å².